The van der Waals surface area contributed by atoms with Crippen molar-refractivity contribution in [1.82, 2.24) is 5.32 Å². The lowest BCUT2D eigenvalue weighted by Crippen LogP contribution is -2.25. The molecule has 0 saturated carbocycles. The minimum atomic E-state index is -0.808. The van der Waals surface area contributed by atoms with Crippen LogP contribution in [0.3, 0.4) is 0 Å². The number of ether oxygens (including phenoxy) is 1. The number of carboxylic acid groups (broad SMARTS) is 1. The first-order valence-corrected chi connectivity index (χ1v) is 6.19. The van der Waals surface area contributed by atoms with Crippen molar-refractivity contribution in [1.29, 1.82) is 0 Å². The van der Waals surface area contributed by atoms with Crippen LogP contribution in [0.4, 0.5) is 0 Å². The minimum absolute atomic E-state index is 0.136. The molecule has 0 bridgehead atoms. The minimum Gasteiger partial charge on any atom is -0.497 e. The second-order valence-electron chi connectivity index (χ2n) is 4.29. The summed E-state index contributed by atoms with van der Waals surface area (Å²) in [4.78, 5) is 22.2. The highest BCUT2D eigenvalue weighted by molar-refractivity contribution is 5.95. The smallest absolute Gasteiger partial charge is 0.303 e. The Balaban J connectivity index is 2.43. The van der Waals surface area contributed by atoms with E-state index in [9.17, 15) is 9.59 Å². The summed E-state index contributed by atoms with van der Waals surface area (Å²) < 4.78 is 5.08. The van der Waals surface area contributed by atoms with E-state index >= 15 is 0 Å². The fraction of sp³-hybridized carbons (Fsp3) is 0.429. The number of benzene rings is 1. The lowest BCUT2D eigenvalue weighted by atomic mass is 10.1. The van der Waals surface area contributed by atoms with Crippen molar-refractivity contribution in [2.45, 2.75) is 26.2 Å². The summed E-state index contributed by atoms with van der Waals surface area (Å²) in [5, 5.41) is 11.3. The van der Waals surface area contributed by atoms with E-state index < -0.39 is 5.97 Å². The summed E-state index contributed by atoms with van der Waals surface area (Å²) in [6, 6.07) is 5.27. The Morgan fingerprint density at radius 2 is 2.05 bits per heavy atom. The van der Waals surface area contributed by atoms with E-state index in [4.69, 9.17) is 9.84 Å². The van der Waals surface area contributed by atoms with E-state index in [1.165, 1.54) is 0 Å². The maximum Gasteiger partial charge on any atom is 0.303 e. The summed E-state index contributed by atoms with van der Waals surface area (Å²) in [6.45, 7) is 2.33. The predicted octanol–water partition coefficient (Wildman–Crippen LogP) is 1.99. The van der Waals surface area contributed by atoms with E-state index in [0.29, 0.717) is 24.9 Å². The van der Waals surface area contributed by atoms with Crippen LogP contribution in [0.1, 0.15) is 35.2 Å². The molecular weight excluding hydrogens is 246 g/mol. The average Bonchev–Trinajstić information content (AvgIpc) is 2.37. The highest BCUT2D eigenvalue weighted by atomic mass is 16.5. The van der Waals surface area contributed by atoms with E-state index in [1.807, 2.05) is 6.92 Å². The zero-order valence-electron chi connectivity index (χ0n) is 11.2. The third-order valence-corrected chi connectivity index (χ3v) is 2.78. The number of unbranched alkanes of at least 4 members (excludes halogenated alkanes) is 1. The Kier molecular flexibility index (Phi) is 5.85. The maximum atomic E-state index is 11.9. The number of aryl methyl sites for hydroxylation is 1. The van der Waals surface area contributed by atoms with Crippen molar-refractivity contribution in [2.75, 3.05) is 13.7 Å². The van der Waals surface area contributed by atoms with E-state index in [-0.39, 0.29) is 12.3 Å². The van der Waals surface area contributed by atoms with Gasteiger partial charge in [0, 0.05) is 18.5 Å². The highest BCUT2D eigenvalue weighted by Gasteiger charge is 2.09. The Morgan fingerprint density at radius 3 is 2.63 bits per heavy atom. The number of carbonyl (C=O) groups excluding carboxylic acids is 1. The van der Waals surface area contributed by atoms with Crippen molar-refractivity contribution >= 4 is 11.9 Å². The van der Waals surface area contributed by atoms with Gasteiger partial charge in [0.2, 0.25) is 0 Å². The molecule has 0 unspecified atom stereocenters. The molecule has 19 heavy (non-hydrogen) atoms. The summed E-state index contributed by atoms with van der Waals surface area (Å²) >= 11 is 0. The molecule has 0 atom stereocenters. The van der Waals surface area contributed by atoms with Gasteiger partial charge in [-0.2, -0.15) is 0 Å². The third kappa shape index (κ3) is 4.99. The van der Waals surface area contributed by atoms with Crippen LogP contribution in [-0.4, -0.2) is 30.6 Å². The van der Waals surface area contributed by atoms with Gasteiger partial charge in [0.1, 0.15) is 5.75 Å². The first-order chi connectivity index (χ1) is 9.04. The Bertz CT molecular complexity index is 457. The average molecular weight is 265 g/mol. The molecule has 0 aliphatic rings. The fourth-order valence-corrected chi connectivity index (χ4v) is 1.72. The second-order valence-corrected chi connectivity index (χ2v) is 4.29. The molecule has 5 heteroatoms. The Morgan fingerprint density at radius 1 is 1.32 bits per heavy atom. The number of amides is 1. The number of aliphatic carboxylic acids is 1. The van der Waals surface area contributed by atoms with Gasteiger partial charge in [-0.1, -0.05) is 0 Å². The van der Waals surface area contributed by atoms with Crippen molar-refractivity contribution in [3.63, 3.8) is 0 Å². The maximum absolute atomic E-state index is 11.9. The van der Waals surface area contributed by atoms with Crippen LogP contribution >= 0.6 is 0 Å². The molecular formula is C14H19NO4. The summed E-state index contributed by atoms with van der Waals surface area (Å²) in [6.07, 6.45) is 1.36. The molecule has 1 amide bonds. The number of carbonyl (C=O) groups is 2. The quantitative estimate of drug-likeness (QED) is 0.739. The molecule has 0 aliphatic heterocycles. The fourth-order valence-electron chi connectivity index (χ4n) is 1.72. The van der Waals surface area contributed by atoms with Crippen molar-refractivity contribution in [3.05, 3.63) is 29.3 Å². The van der Waals surface area contributed by atoms with E-state index in [2.05, 4.69) is 5.32 Å². The number of carboxylic acids is 1. The van der Waals surface area contributed by atoms with Gasteiger partial charge in [0.25, 0.3) is 5.91 Å². The normalized spacial score (nSPS) is 10.0. The molecule has 5 nitrogen and oxygen atoms in total. The van der Waals surface area contributed by atoms with Crippen molar-refractivity contribution in [2.24, 2.45) is 0 Å². The standard InChI is InChI=1S/C14H19NO4/c1-10-9-11(19-2)6-7-12(10)14(18)15-8-4-3-5-13(16)17/h6-7,9H,3-5,8H2,1-2H3,(H,15,18)(H,16,17). The molecule has 0 spiro atoms. The van der Waals surface area contributed by atoms with Crippen molar-refractivity contribution in [3.8, 4) is 5.75 Å². The summed E-state index contributed by atoms with van der Waals surface area (Å²) in [5.74, 6) is -0.233. The number of hydrogen-bond donors (Lipinski definition) is 2. The Labute approximate surface area is 112 Å². The van der Waals surface area contributed by atoms with Gasteiger partial charge >= 0.3 is 5.97 Å². The van der Waals surface area contributed by atoms with Crippen molar-refractivity contribution < 1.29 is 19.4 Å². The molecule has 0 fully saturated rings. The Hall–Kier alpha value is -2.04. The summed E-state index contributed by atoms with van der Waals surface area (Å²) in [5.41, 5.74) is 1.46. The molecule has 1 aromatic carbocycles. The van der Waals surface area contributed by atoms with Crippen LogP contribution in [0.15, 0.2) is 18.2 Å². The SMILES string of the molecule is COc1ccc(C(=O)NCCCCC(=O)O)c(C)c1. The van der Waals surface area contributed by atoms with Gasteiger partial charge in [-0.3, -0.25) is 9.59 Å². The zero-order valence-corrected chi connectivity index (χ0v) is 11.2. The largest absolute Gasteiger partial charge is 0.497 e. The lowest BCUT2D eigenvalue weighted by molar-refractivity contribution is -0.137. The molecule has 0 aliphatic carbocycles. The first kappa shape index (κ1) is 15.0. The van der Waals surface area contributed by atoms with Gasteiger partial charge < -0.3 is 15.2 Å². The zero-order chi connectivity index (χ0) is 14.3. The van der Waals surface area contributed by atoms with Crippen LogP contribution in [0.25, 0.3) is 0 Å². The number of nitrogens with one attached hydrogen (secondary N) is 1. The van der Waals surface area contributed by atoms with Gasteiger partial charge in [0.05, 0.1) is 7.11 Å². The second kappa shape index (κ2) is 7.41. The molecule has 104 valence electrons. The molecule has 0 heterocycles. The van der Waals surface area contributed by atoms with Crippen LogP contribution in [0.5, 0.6) is 5.75 Å². The van der Waals surface area contributed by atoms with Gasteiger partial charge in [0.15, 0.2) is 0 Å². The molecule has 0 saturated heterocycles. The topological polar surface area (TPSA) is 75.6 Å². The van der Waals surface area contributed by atoms with Gasteiger partial charge in [-0.05, 0) is 43.5 Å². The third-order valence-electron chi connectivity index (χ3n) is 2.78. The molecule has 1 rings (SSSR count). The predicted molar refractivity (Wildman–Crippen MR) is 71.6 cm³/mol. The van der Waals surface area contributed by atoms with Crippen LogP contribution < -0.4 is 10.1 Å². The number of hydrogen-bond acceptors (Lipinski definition) is 3. The first-order valence-electron chi connectivity index (χ1n) is 6.19. The molecule has 1 aromatic rings. The van der Waals surface area contributed by atoms with E-state index in [0.717, 1.165) is 11.3 Å². The van der Waals surface area contributed by atoms with Crippen LogP contribution in [0, 0.1) is 6.92 Å². The van der Waals surface area contributed by atoms with Gasteiger partial charge in [-0.15, -0.1) is 0 Å². The van der Waals surface area contributed by atoms with Gasteiger partial charge in [-0.25, -0.2) is 0 Å². The molecule has 2 N–H and O–H groups in total. The molecule has 0 aromatic heterocycles. The monoisotopic (exact) mass is 265 g/mol. The van der Waals surface area contributed by atoms with Crippen LogP contribution in [0.2, 0.25) is 0 Å². The molecule has 0 radical (unpaired) electrons. The van der Waals surface area contributed by atoms with E-state index in [1.54, 1.807) is 25.3 Å². The van der Waals surface area contributed by atoms with Crippen LogP contribution in [-0.2, 0) is 4.79 Å². The number of rotatable bonds is 7. The highest BCUT2D eigenvalue weighted by Crippen LogP contribution is 2.16. The number of methoxy groups -OCH3 is 1. The summed E-state index contributed by atoms with van der Waals surface area (Å²) in [7, 11) is 1.58. The lowest BCUT2D eigenvalue weighted by Gasteiger charge is -2.08.